The Bertz CT molecular complexity index is 915. The summed E-state index contributed by atoms with van der Waals surface area (Å²) in [6.07, 6.45) is 0. The van der Waals surface area contributed by atoms with Crippen LogP contribution in [0.15, 0.2) is 23.6 Å². The number of carbonyl (C=O) groups is 1. The smallest absolute Gasteiger partial charge is 0.355 e. The van der Waals surface area contributed by atoms with E-state index in [9.17, 15) is 10.1 Å². The molecule has 1 aromatic carbocycles. The number of nitrogens with one attached hydrogen (secondary N) is 1. The number of hydrogen-bond donors (Lipinski definition) is 2. The number of hydrogen-bond acceptors (Lipinski definition) is 4. The Hall–Kier alpha value is -2.65. The molecule has 5 nitrogen and oxygen atoms in total. The third-order valence-corrected chi connectivity index (χ3v) is 4.38. The maximum Gasteiger partial charge on any atom is 0.355 e. The van der Waals surface area contributed by atoms with E-state index in [4.69, 9.17) is 5.11 Å². The van der Waals surface area contributed by atoms with Gasteiger partial charge in [0.25, 0.3) is 0 Å². The van der Waals surface area contributed by atoms with Crippen LogP contribution in [0.1, 0.15) is 41.5 Å². The van der Waals surface area contributed by atoms with Gasteiger partial charge in [-0.15, -0.1) is 11.3 Å². The number of aromatic amines is 1. The van der Waals surface area contributed by atoms with Crippen molar-refractivity contribution < 1.29 is 9.90 Å². The Morgan fingerprint density at radius 1 is 1.45 bits per heavy atom. The molecule has 0 bridgehead atoms. The molecule has 2 aromatic heterocycles. The van der Waals surface area contributed by atoms with Gasteiger partial charge in [-0.25, -0.2) is 9.78 Å². The number of rotatable bonds is 3. The predicted octanol–water partition coefficient (Wildman–Crippen LogP) is 3.98. The number of nitrogens with zero attached hydrogens (tertiary/aromatic N) is 2. The lowest BCUT2D eigenvalue weighted by atomic mass is 10.0. The van der Waals surface area contributed by atoms with Gasteiger partial charge in [-0.05, 0) is 24.1 Å². The highest BCUT2D eigenvalue weighted by atomic mass is 32.1. The molecule has 6 heteroatoms. The van der Waals surface area contributed by atoms with Gasteiger partial charge in [0.2, 0.25) is 0 Å². The first-order valence-electron chi connectivity index (χ1n) is 6.76. The van der Waals surface area contributed by atoms with E-state index in [1.54, 1.807) is 0 Å². The zero-order valence-corrected chi connectivity index (χ0v) is 12.9. The topological polar surface area (TPSA) is 89.8 Å². The fourth-order valence-corrected chi connectivity index (χ4v) is 3.19. The second-order valence-electron chi connectivity index (χ2n) is 5.28. The lowest BCUT2D eigenvalue weighted by Crippen LogP contribution is -1.95. The summed E-state index contributed by atoms with van der Waals surface area (Å²) >= 11 is 1.28. The molecule has 0 saturated heterocycles. The molecule has 0 aliphatic carbocycles. The van der Waals surface area contributed by atoms with Crippen LogP contribution in [0.2, 0.25) is 0 Å². The van der Waals surface area contributed by atoms with Gasteiger partial charge in [0, 0.05) is 27.5 Å². The van der Waals surface area contributed by atoms with E-state index < -0.39 is 5.97 Å². The summed E-state index contributed by atoms with van der Waals surface area (Å²) in [6, 6.07) is 7.93. The number of thiazole rings is 1. The van der Waals surface area contributed by atoms with E-state index in [0.717, 1.165) is 22.2 Å². The summed E-state index contributed by atoms with van der Waals surface area (Å²) in [4.78, 5) is 18.3. The molecule has 110 valence electrons. The fraction of sp³-hybridized carbons (Fsp3) is 0.188. The summed E-state index contributed by atoms with van der Waals surface area (Å²) in [5, 5.41) is 21.4. The summed E-state index contributed by atoms with van der Waals surface area (Å²) in [5.41, 5.74) is 3.31. The van der Waals surface area contributed by atoms with E-state index in [-0.39, 0.29) is 11.6 Å². The maximum atomic E-state index is 10.9. The van der Waals surface area contributed by atoms with Gasteiger partial charge < -0.3 is 10.1 Å². The van der Waals surface area contributed by atoms with Crippen molar-refractivity contribution in [2.75, 3.05) is 0 Å². The third kappa shape index (κ3) is 2.26. The second kappa shape index (κ2) is 5.28. The van der Waals surface area contributed by atoms with E-state index in [1.807, 2.05) is 32.0 Å². The highest BCUT2D eigenvalue weighted by molar-refractivity contribution is 7.13. The normalized spacial score (nSPS) is 11.0. The van der Waals surface area contributed by atoms with Gasteiger partial charge in [0.1, 0.15) is 11.1 Å². The van der Waals surface area contributed by atoms with Crippen molar-refractivity contribution in [1.29, 1.82) is 5.26 Å². The third-order valence-electron chi connectivity index (χ3n) is 3.49. The highest BCUT2D eigenvalue weighted by Gasteiger charge is 2.16. The standard InChI is InChI=1S/C16H13N3O2S/c1-8(2)14-11(6-17)10-5-9(3-4-12(10)18-14)15-19-13(7-22-15)16(20)21/h3-5,7-8,18H,1-2H3,(H,20,21). The number of carboxylic acids is 1. The molecule has 0 spiro atoms. The van der Waals surface area contributed by atoms with E-state index in [1.165, 1.54) is 16.7 Å². The van der Waals surface area contributed by atoms with Crippen LogP contribution >= 0.6 is 11.3 Å². The Labute approximate surface area is 130 Å². The van der Waals surface area contributed by atoms with Crippen LogP contribution < -0.4 is 0 Å². The molecule has 3 rings (SSSR count). The Kier molecular flexibility index (Phi) is 3.43. The Morgan fingerprint density at radius 2 is 2.23 bits per heavy atom. The molecular weight excluding hydrogens is 298 g/mol. The maximum absolute atomic E-state index is 10.9. The number of aromatic nitrogens is 2. The van der Waals surface area contributed by atoms with E-state index in [2.05, 4.69) is 16.0 Å². The van der Waals surface area contributed by atoms with Crippen LogP contribution in [0.25, 0.3) is 21.5 Å². The number of H-pyrrole nitrogens is 1. The first-order chi connectivity index (χ1) is 10.5. The first kappa shape index (κ1) is 14.3. The first-order valence-corrected chi connectivity index (χ1v) is 7.64. The van der Waals surface area contributed by atoms with Gasteiger partial charge in [0.05, 0.1) is 5.56 Å². The number of benzene rings is 1. The molecule has 0 atom stereocenters. The summed E-state index contributed by atoms with van der Waals surface area (Å²) in [6.45, 7) is 4.07. The monoisotopic (exact) mass is 311 g/mol. The van der Waals surface area contributed by atoms with Crippen LogP contribution in [-0.4, -0.2) is 21.0 Å². The fourth-order valence-electron chi connectivity index (χ4n) is 2.40. The average molecular weight is 311 g/mol. The molecule has 0 radical (unpaired) electrons. The average Bonchev–Trinajstić information content (AvgIpc) is 3.11. The van der Waals surface area contributed by atoms with E-state index in [0.29, 0.717) is 10.6 Å². The molecule has 0 aliphatic rings. The second-order valence-corrected chi connectivity index (χ2v) is 6.14. The van der Waals surface area contributed by atoms with Crippen LogP contribution in [-0.2, 0) is 0 Å². The molecule has 2 heterocycles. The van der Waals surface area contributed by atoms with Crippen LogP contribution in [0.5, 0.6) is 0 Å². The summed E-state index contributed by atoms with van der Waals surface area (Å²) < 4.78 is 0. The van der Waals surface area contributed by atoms with Crippen molar-refractivity contribution in [2.24, 2.45) is 0 Å². The molecule has 0 amide bonds. The molecule has 0 unspecified atom stereocenters. The van der Waals surface area contributed by atoms with Crippen LogP contribution in [0, 0.1) is 11.3 Å². The lowest BCUT2D eigenvalue weighted by Gasteiger charge is -2.00. The van der Waals surface area contributed by atoms with Gasteiger partial charge in [0.15, 0.2) is 5.69 Å². The van der Waals surface area contributed by atoms with Crippen molar-refractivity contribution in [3.05, 3.63) is 40.5 Å². The van der Waals surface area contributed by atoms with Gasteiger partial charge in [-0.2, -0.15) is 5.26 Å². The minimum atomic E-state index is -1.04. The van der Waals surface area contributed by atoms with Crippen molar-refractivity contribution in [3.63, 3.8) is 0 Å². The minimum absolute atomic E-state index is 0.0394. The highest BCUT2D eigenvalue weighted by Crippen LogP contribution is 2.32. The number of fused-ring (bicyclic) bond motifs is 1. The zero-order valence-electron chi connectivity index (χ0n) is 12.0. The lowest BCUT2D eigenvalue weighted by molar-refractivity contribution is 0.0691. The molecule has 0 saturated carbocycles. The van der Waals surface area contributed by atoms with E-state index >= 15 is 0 Å². The SMILES string of the molecule is CC(C)c1[nH]c2ccc(-c3nc(C(=O)O)cs3)cc2c1C#N. The van der Waals surface area contributed by atoms with Crippen molar-refractivity contribution in [1.82, 2.24) is 9.97 Å². The number of aromatic carboxylic acids is 1. The summed E-state index contributed by atoms with van der Waals surface area (Å²) in [7, 11) is 0. The molecule has 2 N–H and O–H groups in total. The Morgan fingerprint density at radius 3 is 2.82 bits per heavy atom. The van der Waals surface area contributed by atoms with Crippen molar-refractivity contribution in [3.8, 4) is 16.6 Å². The van der Waals surface area contributed by atoms with Crippen molar-refractivity contribution in [2.45, 2.75) is 19.8 Å². The van der Waals surface area contributed by atoms with Crippen LogP contribution in [0.4, 0.5) is 0 Å². The number of nitriles is 1. The number of carboxylic acid groups (broad SMARTS) is 1. The largest absolute Gasteiger partial charge is 0.476 e. The molecule has 22 heavy (non-hydrogen) atoms. The van der Waals surface area contributed by atoms with Crippen molar-refractivity contribution >= 4 is 28.2 Å². The predicted molar refractivity (Wildman–Crippen MR) is 85.2 cm³/mol. The Balaban J connectivity index is 2.16. The minimum Gasteiger partial charge on any atom is -0.476 e. The molecule has 3 aromatic rings. The summed E-state index contributed by atoms with van der Waals surface area (Å²) in [5.74, 6) is -0.811. The molecule has 0 fully saturated rings. The zero-order chi connectivity index (χ0) is 15.9. The van der Waals surface area contributed by atoms with Crippen LogP contribution in [0.3, 0.4) is 0 Å². The van der Waals surface area contributed by atoms with Gasteiger partial charge in [-0.3, -0.25) is 0 Å². The molecule has 0 aliphatic heterocycles. The quantitative estimate of drug-likeness (QED) is 0.765. The van der Waals surface area contributed by atoms with Gasteiger partial charge >= 0.3 is 5.97 Å². The molecular formula is C16H13N3O2S. The van der Waals surface area contributed by atoms with Gasteiger partial charge in [-0.1, -0.05) is 13.8 Å².